The average molecular weight is 211 g/mol. The van der Waals surface area contributed by atoms with E-state index in [1.165, 1.54) is 5.75 Å². The lowest BCUT2D eigenvalue weighted by molar-refractivity contribution is 0.598. The number of hydrogen-bond acceptors (Lipinski definition) is 2. The highest BCUT2D eigenvalue weighted by atomic mass is 32.2. The Morgan fingerprint density at radius 1 is 1.21 bits per heavy atom. The molecule has 0 amide bonds. The molecular weight excluding hydrogens is 196 g/mol. The first kappa shape index (κ1) is 11.2. The monoisotopic (exact) mass is 211 g/mol. The number of unbranched alkanes of at least 4 members (excludes halogenated alkanes) is 2. The van der Waals surface area contributed by atoms with E-state index in [1.54, 1.807) is 24.3 Å². The summed E-state index contributed by atoms with van der Waals surface area (Å²) in [5.41, 5.74) is 0. The molecule has 0 heterocycles. The zero-order valence-electron chi connectivity index (χ0n) is 8.31. The Morgan fingerprint density at radius 2 is 1.86 bits per heavy atom. The van der Waals surface area contributed by atoms with Gasteiger partial charge in [0.2, 0.25) is 0 Å². The molecule has 1 rings (SSSR count). The van der Waals surface area contributed by atoms with E-state index < -0.39 is 9.84 Å². The van der Waals surface area contributed by atoms with Gasteiger partial charge in [-0.15, -0.1) is 0 Å². The van der Waals surface area contributed by atoms with E-state index in [4.69, 9.17) is 0 Å². The normalized spacial score (nSPS) is 11.5. The van der Waals surface area contributed by atoms with E-state index in [-0.39, 0.29) is 0 Å². The van der Waals surface area contributed by atoms with Gasteiger partial charge >= 0.3 is 0 Å². The summed E-state index contributed by atoms with van der Waals surface area (Å²) < 4.78 is 23.3. The molecule has 0 saturated carbocycles. The largest absolute Gasteiger partial charge is 0.223 e. The van der Waals surface area contributed by atoms with E-state index in [0.29, 0.717) is 11.3 Å². The quantitative estimate of drug-likeness (QED) is 0.702. The molecule has 1 radical (unpaired) electrons. The van der Waals surface area contributed by atoms with Crippen LogP contribution in [0, 0.1) is 5.75 Å². The SMILES string of the molecule is CCCC[CH]S(=O)(=O)c1ccccc1. The van der Waals surface area contributed by atoms with Crippen molar-refractivity contribution >= 4 is 9.84 Å². The molecule has 0 fully saturated rings. The van der Waals surface area contributed by atoms with E-state index in [1.807, 2.05) is 13.0 Å². The smallest absolute Gasteiger partial charge is 0.182 e. The number of benzene rings is 1. The highest BCUT2D eigenvalue weighted by molar-refractivity contribution is 7.93. The van der Waals surface area contributed by atoms with E-state index in [2.05, 4.69) is 0 Å². The van der Waals surface area contributed by atoms with Crippen LogP contribution >= 0.6 is 0 Å². The maximum Gasteiger partial charge on any atom is 0.182 e. The van der Waals surface area contributed by atoms with Crippen molar-refractivity contribution in [2.75, 3.05) is 0 Å². The summed E-state index contributed by atoms with van der Waals surface area (Å²) in [5, 5.41) is 0. The highest BCUT2D eigenvalue weighted by Crippen LogP contribution is 2.15. The van der Waals surface area contributed by atoms with Gasteiger partial charge in [0.1, 0.15) is 0 Å². The van der Waals surface area contributed by atoms with Crippen LogP contribution in [0.4, 0.5) is 0 Å². The Bertz CT molecular complexity index is 354. The van der Waals surface area contributed by atoms with Gasteiger partial charge in [-0.05, 0) is 18.6 Å². The lowest BCUT2D eigenvalue weighted by Crippen LogP contribution is -2.00. The Balaban J connectivity index is 2.67. The zero-order chi connectivity index (χ0) is 10.4. The van der Waals surface area contributed by atoms with Crippen LogP contribution in [0.25, 0.3) is 0 Å². The Morgan fingerprint density at radius 3 is 2.43 bits per heavy atom. The lowest BCUT2D eigenvalue weighted by Gasteiger charge is -2.02. The molecule has 0 aliphatic carbocycles. The summed E-state index contributed by atoms with van der Waals surface area (Å²) in [6, 6.07) is 8.53. The first-order valence-electron chi connectivity index (χ1n) is 4.80. The van der Waals surface area contributed by atoms with Gasteiger partial charge in [-0.25, -0.2) is 8.42 Å². The van der Waals surface area contributed by atoms with Crippen molar-refractivity contribution in [3.63, 3.8) is 0 Å². The van der Waals surface area contributed by atoms with Gasteiger partial charge in [-0.2, -0.15) is 0 Å². The Hall–Kier alpha value is -0.830. The number of sulfone groups is 1. The van der Waals surface area contributed by atoms with Crippen LogP contribution in [0.3, 0.4) is 0 Å². The van der Waals surface area contributed by atoms with Crippen LogP contribution in [0.15, 0.2) is 35.2 Å². The van der Waals surface area contributed by atoms with Gasteiger partial charge in [0.15, 0.2) is 9.84 Å². The molecule has 0 aliphatic rings. The van der Waals surface area contributed by atoms with Crippen LogP contribution < -0.4 is 0 Å². The van der Waals surface area contributed by atoms with Crippen LogP contribution in [-0.2, 0) is 9.84 Å². The van der Waals surface area contributed by atoms with Gasteiger partial charge in [0, 0.05) is 0 Å². The summed E-state index contributed by atoms with van der Waals surface area (Å²) in [6.07, 6.45) is 2.57. The minimum absolute atomic E-state index is 0.385. The van der Waals surface area contributed by atoms with Crippen molar-refractivity contribution in [3.05, 3.63) is 36.1 Å². The molecule has 0 bridgehead atoms. The van der Waals surface area contributed by atoms with Gasteiger partial charge in [0.05, 0.1) is 10.6 Å². The molecule has 0 atom stereocenters. The minimum atomic E-state index is -3.16. The van der Waals surface area contributed by atoms with Crippen LogP contribution in [0.2, 0.25) is 0 Å². The third kappa shape index (κ3) is 3.14. The zero-order valence-corrected chi connectivity index (χ0v) is 9.13. The van der Waals surface area contributed by atoms with Crippen LogP contribution in [0.5, 0.6) is 0 Å². The average Bonchev–Trinajstić information content (AvgIpc) is 2.19. The number of hydrogen-bond donors (Lipinski definition) is 0. The fourth-order valence-corrected chi connectivity index (χ4v) is 2.35. The summed E-state index contributed by atoms with van der Waals surface area (Å²) >= 11 is 0. The van der Waals surface area contributed by atoms with E-state index in [0.717, 1.165) is 12.8 Å². The standard InChI is InChI=1S/C11H15O2S/c1-2-3-7-10-14(12,13)11-8-5-4-6-9-11/h4-6,8-10H,2-3,7H2,1H3. The molecule has 1 aromatic carbocycles. The topological polar surface area (TPSA) is 34.1 Å². The third-order valence-corrected chi connectivity index (χ3v) is 3.57. The van der Waals surface area contributed by atoms with Crippen molar-refractivity contribution in [2.24, 2.45) is 0 Å². The van der Waals surface area contributed by atoms with Crippen molar-refractivity contribution in [1.29, 1.82) is 0 Å². The molecule has 0 aliphatic heterocycles. The second-order valence-electron chi connectivity index (χ2n) is 3.17. The molecule has 0 spiro atoms. The first-order valence-corrected chi connectivity index (χ1v) is 6.35. The fourth-order valence-electron chi connectivity index (χ4n) is 1.15. The summed E-state index contributed by atoms with van der Waals surface area (Å²) in [4.78, 5) is 0.385. The second-order valence-corrected chi connectivity index (χ2v) is 5.06. The lowest BCUT2D eigenvalue weighted by atomic mass is 10.3. The van der Waals surface area contributed by atoms with Crippen molar-refractivity contribution in [1.82, 2.24) is 0 Å². The van der Waals surface area contributed by atoms with Crippen molar-refractivity contribution in [2.45, 2.75) is 31.1 Å². The van der Waals surface area contributed by atoms with Gasteiger partial charge in [0.25, 0.3) is 0 Å². The molecular formula is C11H15O2S. The van der Waals surface area contributed by atoms with Gasteiger partial charge in [-0.3, -0.25) is 0 Å². The summed E-state index contributed by atoms with van der Waals surface area (Å²) in [7, 11) is -3.16. The molecule has 0 aromatic heterocycles. The maximum absolute atomic E-state index is 11.7. The van der Waals surface area contributed by atoms with E-state index >= 15 is 0 Å². The fraction of sp³-hybridized carbons (Fsp3) is 0.364. The maximum atomic E-state index is 11.7. The predicted molar refractivity (Wildman–Crippen MR) is 57.5 cm³/mol. The molecule has 0 saturated heterocycles. The Labute approximate surface area is 85.9 Å². The molecule has 2 nitrogen and oxygen atoms in total. The van der Waals surface area contributed by atoms with Gasteiger partial charge < -0.3 is 0 Å². The van der Waals surface area contributed by atoms with Crippen LogP contribution in [0.1, 0.15) is 26.2 Å². The first-order chi connectivity index (χ1) is 6.67. The second kappa shape index (κ2) is 5.15. The summed E-state index contributed by atoms with van der Waals surface area (Å²) in [6.45, 7) is 2.04. The van der Waals surface area contributed by atoms with Crippen LogP contribution in [-0.4, -0.2) is 8.42 Å². The predicted octanol–water partition coefficient (Wildman–Crippen LogP) is 2.81. The summed E-state index contributed by atoms with van der Waals surface area (Å²) in [5.74, 6) is 1.41. The molecule has 1 aromatic rings. The molecule has 0 unspecified atom stereocenters. The number of rotatable bonds is 5. The third-order valence-electron chi connectivity index (χ3n) is 1.97. The molecule has 14 heavy (non-hydrogen) atoms. The molecule has 0 N–H and O–H groups in total. The van der Waals surface area contributed by atoms with Crippen molar-refractivity contribution < 1.29 is 8.42 Å². The van der Waals surface area contributed by atoms with E-state index in [9.17, 15) is 8.42 Å². The molecule has 3 heteroatoms. The minimum Gasteiger partial charge on any atom is -0.223 e. The van der Waals surface area contributed by atoms with Crippen molar-refractivity contribution in [3.8, 4) is 0 Å². The highest BCUT2D eigenvalue weighted by Gasteiger charge is 2.12. The van der Waals surface area contributed by atoms with Gasteiger partial charge in [-0.1, -0.05) is 38.0 Å². The molecule has 77 valence electrons. The Kier molecular flexibility index (Phi) is 4.14.